The topological polar surface area (TPSA) is 30.5 Å². The van der Waals surface area contributed by atoms with E-state index in [1.54, 1.807) is 7.11 Å². The molecule has 0 amide bonds. The largest absolute Gasteiger partial charge is 0.456 e. The van der Waals surface area contributed by atoms with Crippen LogP contribution in [0.15, 0.2) is 51.4 Å². The molecule has 0 spiro atoms. The third-order valence-electron chi connectivity index (χ3n) is 2.85. The smallest absolute Gasteiger partial charge is 0.141 e. The molecule has 0 saturated heterocycles. The Balaban J connectivity index is 1.97. The summed E-state index contributed by atoms with van der Waals surface area (Å²) >= 11 is 6.96. The number of nitrogens with one attached hydrogen (secondary N) is 1. The molecule has 0 saturated carbocycles. The first kappa shape index (κ1) is 16.5. The predicted octanol–water partition coefficient (Wildman–Crippen LogP) is 4.74. The van der Waals surface area contributed by atoms with E-state index in [9.17, 15) is 0 Å². The third kappa shape index (κ3) is 5.43. The average molecular weight is 415 g/mol. The van der Waals surface area contributed by atoms with Crippen molar-refractivity contribution in [2.75, 3.05) is 20.3 Å². The summed E-state index contributed by atoms with van der Waals surface area (Å²) in [6, 6.07) is 13.9. The van der Waals surface area contributed by atoms with Crippen molar-refractivity contribution in [1.29, 1.82) is 0 Å². The Morgan fingerprint density at radius 2 is 1.81 bits per heavy atom. The van der Waals surface area contributed by atoms with E-state index in [2.05, 4.69) is 49.3 Å². The van der Waals surface area contributed by atoms with Crippen LogP contribution in [0.3, 0.4) is 0 Å². The summed E-state index contributed by atoms with van der Waals surface area (Å²) in [6.07, 6.45) is 0. The van der Waals surface area contributed by atoms with Gasteiger partial charge in [0.2, 0.25) is 0 Å². The van der Waals surface area contributed by atoms with E-state index in [1.807, 2.05) is 30.3 Å². The van der Waals surface area contributed by atoms with Gasteiger partial charge < -0.3 is 14.8 Å². The lowest BCUT2D eigenvalue weighted by Crippen LogP contribution is -2.18. The summed E-state index contributed by atoms with van der Waals surface area (Å²) in [5.41, 5.74) is 1.20. The normalized spacial score (nSPS) is 10.6. The number of rotatable bonds is 7. The van der Waals surface area contributed by atoms with Gasteiger partial charge in [-0.2, -0.15) is 0 Å². The fraction of sp³-hybridized carbons (Fsp3) is 0.250. The molecule has 1 N–H and O–H groups in total. The molecular weight excluding hydrogens is 398 g/mol. The lowest BCUT2D eigenvalue weighted by atomic mass is 10.2. The molecule has 0 aliphatic heterocycles. The number of hydrogen-bond donors (Lipinski definition) is 1. The minimum atomic E-state index is 0.714. The molecule has 3 nitrogen and oxygen atoms in total. The first-order chi connectivity index (χ1) is 10.2. The van der Waals surface area contributed by atoms with Crippen molar-refractivity contribution >= 4 is 31.9 Å². The van der Waals surface area contributed by atoms with Gasteiger partial charge in [0.25, 0.3) is 0 Å². The van der Waals surface area contributed by atoms with E-state index in [0.29, 0.717) is 6.61 Å². The SMILES string of the molecule is COCCNCc1ccc(Oc2ccc(Br)cc2)c(Br)c1. The molecule has 0 bridgehead atoms. The van der Waals surface area contributed by atoms with Crippen molar-refractivity contribution in [1.82, 2.24) is 5.32 Å². The van der Waals surface area contributed by atoms with Crippen LogP contribution < -0.4 is 10.1 Å². The molecule has 5 heteroatoms. The Kier molecular flexibility index (Phi) is 6.70. The van der Waals surface area contributed by atoms with Gasteiger partial charge in [-0.15, -0.1) is 0 Å². The third-order valence-corrected chi connectivity index (χ3v) is 4.00. The van der Waals surface area contributed by atoms with Crippen molar-refractivity contribution in [3.05, 3.63) is 57.0 Å². The molecule has 2 rings (SSSR count). The van der Waals surface area contributed by atoms with Crippen LogP contribution >= 0.6 is 31.9 Å². The Morgan fingerprint density at radius 3 is 2.48 bits per heavy atom. The van der Waals surface area contributed by atoms with Gasteiger partial charge in [-0.1, -0.05) is 22.0 Å². The first-order valence-electron chi connectivity index (χ1n) is 6.60. The maximum absolute atomic E-state index is 5.85. The molecule has 0 aliphatic carbocycles. The highest BCUT2D eigenvalue weighted by Crippen LogP contribution is 2.31. The van der Waals surface area contributed by atoms with Crippen LogP contribution in [0.25, 0.3) is 0 Å². The Labute approximate surface area is 141 Å². The van der Waals surface area contributed by atoms with Crippen molar-refractivity contribution in [3.63, 3.8) is 0 Å². The molecule has 2 aromatic rings. The maximum atomic E-state index is 5.85. The molecule has 0 unspecified atom stereocenters. The second kappa shape index (κ2) is 8.54. The molecule has 21 heavy (non-hydrogen) atoms. The molecule has 112 valence electrons. The molecule has 0 fully saturated rings. The lowest BCUT2D eigenvalue weighted by molar-refractivity contribution is 0.199. The van der Waals surface area contributed by atoms with Crippen LogP contribution in [0.4, 0.5) is 0 Å². The average Bonchev–Trinajstić information content (AvgIpc) is 2.48. The molecule has 0 aliphatic rings. The van der Waals surface area contributed by atoms with Crippen molar-refractivity contribution in [3.8, 4) is 11.5 Å². The quantitative estimate of drug-likeness (QED) is 0.663. The summed E-state index contributed by atoms with van der Waals surface area (Å²) in [6.45, 7) is 2.36. The minimum Gasteiger partial charge on any atom is -0.456 e. The van der Waals surface area contributed by atoms with Crippen LogP contribution in [0.2, 0.25) is 0 Å². The second-order valence-corrected chi connectivity index (χ2v) is 6.26. The van der Waals surface area contributed by atoms with E-state index in [-0.39, 0.29) is 0 Å². The number of benzene rings is 2. The van der Waals surface area contributed by atoms with Crippen molar-refractivity contribution in [2.24, 2.45) is 0 Å². The predicted molar refractivity (Wildman–Crippen MR) is 91.9 cm³/mol. The second-order valence-electron chi connectivity index (χ2n) is 4.49. The van der Waals surface area contributed by atoms with Gasteiger partial charge in [-0.3, -0.25) is 0 Å². The van der Waals surface area contributed by atoms with Gasteiger partial charge in [-0.25, -0.2) is 0 Å². The maximum Gasteiger partial charge on any atom is 0.141 e. The van der Waals surface area contributed by atoms with Crippen molar-refractivity contribution in [2.45, 2.75) is 6.54 Å². The molecule has 0 heterocycles. The number of ether oxygens (including phenoxy) is 2. The molecule has 0 atom stereocenters. The number of methoxy groups -OCH3 is 1. The Bertz CT molecular complexity index is 573. The van der Waals surface area contributed by atoms with Gasteiger partial charge in [0.05, 0.1) is 11.1 Å². The van der Waals surface area contributed by atoms with Gasteiger partial charge in [-0.05, 0) is 57.9 Å². The zero-order valence-electron chi connectivity index (χ0n) is 11.7. The van der Waals surface area contributed by atoms with Crippen molar-refractivity contribution < 1.29 is 9.47 Å². The van der Waals surface area contributed by atoms with Gasteiger partial charge in [0.15, 0.2) is 0 Å². The summed E-state index contributed by atoms with van der Waals surface area (Å²) in [5.74, 6) is 1.61. The molecular formula is C16H17Br2NO2. The van der Waals surface area contributed by atoms with Crippen LogP contribution in [-0.4, -0.2) is 20.3 Å². The van der Waals surface area contributed by atoms with E-state index in [0.717, 1.165) is 33.5 Å². The van der Waals surface area contributed by atoms with Gasteiger partial charge in [0, 0.05) is 24.7 Å². The van der Waals surface area contributed by atoms with Crippen LogP contribution in [0.1, 0.15) is 5.56 Å². The fourth-order valence-electron chi connectivity index (χ4n) is 1.77. The van der Waals surface area contributed by atoms with E-state index in [1.165, 1.54) is 5.56 Å². The summed E-state index contributed by atoms with van der Waals surface area (Å²) in [4.78, 5) is 0. The zero-order chi connectivity index (χ0) is 15.1. The van der Waals surface area contributed by atoms with E-state index < -0.39 is 0 Å². The minimum absolute atomic E-state index is 0.714. The fourth-order valence-corrected chi connectivity index (χ4v) is 2.55. The first-order valence-corrected chi connectivity index (χ1v) is 8.19. The zero-order valence-corrected chi connectivity index (χ0v) is 14.9. The molecule has 0 radical (unpaired) electrons. The highest BCUT2D eigenvalue weighted by molar-refractivity contribution is 9.10. The van der Waals surface area contributed by atoms with Gasteiger partial charge in [0.1, 0.15) is 11.5 Å². The lowest BCUT2D eigenvalue weighted by Gasteiger charge is -2.10. The van der Waals surface area contributed by atoms with Crippen LogP contribution in [0.5, 0.6) is 11.5 Å². The Morgan fingerprint density at radius 1 is 1.05 bits per heavy atom. The Hall–Kier alpha value is -0.880. The van der Waals surface area contributed by atoms with E-state index in [4.69, 9.17) is 9.47 Å². The molecule has 0 aromatic heterocycles. The van der Waals surface area contributed by atoms with Crippen LogP contribution in [0, 0.1) is 0 Å². The summed E-state index contributed by atoms with van der Waals surface area (Å²) < 4.78 is 12.8. The summed E-state index contributed by atoms with van der Waals surface area (Å²) in [7, 11) is 1.70. The number of halogens is 2. The highest BCUT2D eigenvalue weighted by Gasteiger charge is 2.04. The van der Waals surface area contributed by atoms with Crippen LogP contribution in [-0.2, 0) is 11.3 Å². The monoisotopic (exact) mass is 413 g/mol. The van der Waals surface area contributed by atoms with Gasteiger partial charge >= 0.3 is 0 Å². The standard InChI is InChI=1S/C16H17Br2NO2/c1-20-9-8-19-11-12-2-7-16(15(18)10-12)21-14-5-3-13(17)4-6-14/h2-7,10,19H,8-9,11H2,1H3. The summed E-state index contributed by atoms with van der Waals surface area (Å²) in [5, 5.41) is 3.31. The molecule has 2 aromatic carbocycles. The van der Waals surface area contributed by atoms with E-state index >= 15 is 0 Å². The number of hydrogen-bond acceptors (Lipinski definition) is 3. The highest BCUT2D eigenvalue weighted by atomic mass is 79.9.